The van der Waals surface area contributed by atoms with Crippen LogP contribution in [-0.2, 0) is 11.3 Å². The molecule has 0 aliphatic heterocycles. The Morgan fingerprint density at radius 3 is 2.94 bits per heavy atom. The Morgan fingerprint density at radius 2 is 2.41 bits per heavy atom. The Hall–Kier alpha value is -1.28. The molecule has 0 aliphatic carbocycles. The van der Waals surface area contributed by atoms with E-state index in [-0.39, 0.29) is 5.69 Å². The standard InChI is InChI=1S/C9H16N4O3S/c1-3-4-13-8(16)11-12-9(13)17-5-6(10-2)7(14)15/h6,10H,3-5H2,1-2H3,(H,11,16)(H,14,15). The average Bonchev–Trinajstić information content (AvgIpc) is 2.62. The summed E-state index contributed by atoms with van der Waals surface area (Å²) in [6.45, 7) is 2.54. The number of hydrogen-bond acceptors (Lipinski definition) is 5. The molecule has 1 rings (SSSR count). The summed E-state index contributed by atoms with van der Waals surface area (Å²) >= 11 is 1.25. The van der Waals surface area contributed by atoms with Crippen molar-refractivity contribution in [3.05, 3.63) is 10.5 Å². The topological polar surface area (TPSA) is 100 Å². The zero-order chi connectivity index (χ0) is 12.8. The lowest BCUT2D eigenvalue weighted by Crippen LogP contribution is -2.36. The molecular formula is C9H16N4O3S. The minimum Gasteiger partial charge on any atom is -0.480 e. The van der Waals surface area contributed by atoms with Crippen LogP contribution in [0.25, 0.3) is 0 Å². The molecule has 0 aliphatic rings. The van der Waals surface area contributed by atoms with E-state index in [9.17, 15) is 9.59 Å². The summed E-state index contributed by atoms with van der Waals surface area (Å²) in [4.78, 5) is 22.2. The van der Waals surface area contributed by atoms with Gasteiger partial charge in [-0.15, -0.1) is 5.10 Å². The predicted molar refractivity (Wildman–Crippen MR) is 64.3 cm³/mol. The van der Waals surface area contributed by atoms with Crippen molar-refractivity contribution in [2.75, 3.05) is 12.8 Å². The fraction of sp³-hybridized carbons (Fsp3) is 0.667. The van der Waals surface area contributed by atoms with Crippen molar-refractivity contribution in [1.82, 2.24) is 20.1 Å². The third-order valence-electron chi connectivity index (χ3n) is 2.20. The van der Waals surface area contributed by atoms with Gasteiger partial charge in [-0.3, -0.25) is 9.36 Å². The highest BCUT2D eigenvalue weighted by molar-refractivity contribution is 7.99. The first kappa shape index (κ1) is 13.8. The van der Waals surface area contributed by atoms with E-state index in [2.05, 4.69) is 15.5 Å². The number of rotatable bonds is 7. The van der Waals surface area contributed by atoms with E-state index in [4.69, 9.17) is 5.11 Å². The number of likely N-dealkylation sites (N-methyl/N-ethyl adjacent to an activating group) is 1. The molecule has 0 fully saturated rings. The third-order valence-corrected chi connectivity index (χ3v) is 3.27. The predicted octanol–water partition coefficient (Wildman–Crippen LogP) is -0.254. The van der Waals surface area contributed by atoms with Crippen molar-refractivity contribution in [1.29, 1.82) is 0 Å². The van der Waals surface area contributed by atoms with Crippen molar-refractivity contribution in [2.45, 2.75) is 31.1 Å². The van der Waals surface area contributed by atoms with Crippen LogP contribution in [0.1, 0.15) is 13.3 Å². The molecule has 3 N–H and O–H groups in total. The lowest BCUT2D eigenvalue weighted by Gasteiger charge is -2.10. The normalized spacial score (nSPS) is 12.6. The van der Waals surface area contributed by atoms with Crippen LogP contribution in [0.3, 0.4) is 0 Å². The molecule has 0 spiro atoms. The highest BCUT2D eigenvalue weighted by Crippen LogP contribution is 2.14. The van der Waals surface area contributed by atoms with Gasteiger partial charge in [0.05, 0.1) is 0 Å². The first-order valence-corrected chi connectivity index (χ1v) is 6.26. The van der Waals surface area contributed by atoms with Crippen LogP contribution < -0.4 is 11.0 Å². The second-order valence-corrected chi connectivity index (χ2v) is 4.44. The van der Waals surface area contributed by atoms with Crippen molar-refractivity contribution < 1.29 is 9.90 Å². The summed E-state index contributed by atoms with van der Waals surface area (Å²) in [5, 5.41) is 18.3. The molecule has 1 atom stereocenters. The molecule has 1 unspecified atom stereocenters. The summed E-state index contributed by atoms with van der Waals surface area (Å²) in [7, 11) is 1.59. The maximum atomic E-state index is 11.4. The van der Waals surface area contributed by atoms with E-state index in [0.717, 1.165) is 6.42 Å². The Balaban J connectivity index is 2.68. The third kappa shape index (κ3) is 3.60. The zero-order valence-electron chi connectivity index (χ0n) is 9.77. The number of hydrogen-bond donors (Lipinski definition) is 3. The van der Waals surface area contributed by atoms with E-state index >= 15 is 0 Å². The number of aliphatic carboxylic acids is 1. The number of nitrogens with one attached hydrogen (secondary N) is 2. The average molecular weight is 260 g/mol. The van der Waals surface area contributed by atoms with Crippen molar-refractivity contribution in [2.24, 2.45) is 0 Å². The highest BCUT2D eigenvalue weighted by atomic mass is 32.2. The number of aromatic nitrogens is 3. The number of nitrogens with zero attached hydrogens (tertiary/aromatic N) is 2. The van der Waals surface area contributed by atoms with Gasteiger partial charge in [-0.1, -0.05) is 18.7 Å². The summed E-state index contributed by atoms with van der Waals surface area (Å²) < 4.78 is 1.51. The molecule has 17 heavy (non-hydrogen) atoms. The van der Waals surface area contributed by atoms with Gasteiger partial charge in [0, 0.05) is 12.3 Å². The molecule has 1 aromatic rings. The van der Waals surface area contributed by atoms with Gasteiger partial charge < -0.3 is 10.4 Å². The molecular weight excluding hydrogens is 244 g/mol. The lowest BCUT2D eigenvalue weighted by atomic mass is 10.3. The number of H-pyrrole nitrogens is 1. The van der Waals surface area contributed by atoms with Crippen LogP contribution in [0.15, 0.2) is 9.95 Å². The molecule has 7 nitrogen and oxygen atoms in total. The van der Waals surface area contributed by atoms with E-state index < -0.39 is 12.0 Å². The van der Waals surface area contributed by atoms with Crippen LogP contribution in [0.5, 0.6) is 0 Å². The fourth-order valence-electron chi connectivity index (χ4n) is 1.27. The molecule has 0 amide bonds. The zero-order valence-corrected chi connectivity index (χ0v) is 10.6. The SMILES string of the molecule is CCCn1c(SCC(NC)C(=O)O)n[nH]c1=O. The maximum Gasteiger partial charge on any atom is 0.343 e. The number of thioether (sulfide) groups is 1. The molecule has 0 radical (unpaired) electrons. The monoisotopic (exact) mass is 260 g/mol. The van der Waals surface area contributed by atoms with Gasteiger partial charge >= 0.3 is 11.7 Å². The second-order valence-electron chi connectivity index (χ2n) is 3.45. The second kappa shape index (κ2) is 6.45. The summed E-state index contributed by atoms with van der Waals surface area (Å²) in [6.07, 6.45) is 0.821. The van der Waals surface area contributed by atoms with Crippen LogP contribution in [0.4, 0.5) is 0 Å². The van der Waals surface area contributed by atoms with E-state index in [1.165, 1.54) is 16.3 Å². The van der Waals surface area contributed by atoms with Gasteiger partial charge in [-0.05, 0) is 13.5 Å². The Bertz CT molecular complexity index is 428. The van der Waals surface area contributed by atoms with Gasteiger partial charge in [-0.25, -0.2) is 9.89 Å². The van der Waals surface area contributed by atoms with Gasteiger partial charge in [-0.2, -0.15) is 0 Å². The first-order chi connectivity index (χ1) is 8.10. The van der Waals surface area contributed by atoms with Gasteiger partial charge in [0.2, 0.25) is 0 Å². The van der Waals surface area contributed by atoms with Crippen LogP contribution in [0, 0.1) is 0 Å². The molecule has 96 valence electrons. The molecule has 0 saturated heterocycles. The quantitative estimate of drug-likeness (QED) is 0.584. The van der Waals surface area contributed by atoms with Gasteiger partial charge in [0.1, 0.15) is 6.04 Å². The van der Waals surface area contributed by atoms with Crippen molar-refractivity contribution >= 4 is 17.7 Å². The Labute approximate surface area is 103 Å². The molecule has 1 aromatic heterocycles. The minimum absolute atomic E-state index is 0.259. The summed E-state index contributed by atoms with van der Waals surface area (Å²) in [5.74, 6) is -0.597. The van der Waals surface area contributed by atoms with E-state index in [1.807, 2.05) is 6.92 Å². The first-order valence-electron chi connectivity index (χ1n) is 5.28. The lowest BCUT2D eigenvalue weighted by molar-refractivity contribution is -0.138. The molecule has 1 heterocycles. The van der Waals surface area contributed by atoms with Crippen molar-refractivity contribution in [3.8, 4) is 0 Å². The number of carboxylic acid groups (broad SMARTS) is 1. The number of carbonyl (C=O) groups is 1. The Kier molecular flexibility index (Phi) is 5.23. The van der Waals surface area contributed by atoms with E-state index in [1.54, 1.807) is 7.05 Å². The van der Waals surface area contributed by atoms with Gasteiger partial charge in [0.25, 0.3) is 0 Å². The van der Waals surface area contributed by atoms with Crippen LogP contribution in [0.2, 0.25) is 0 Å². The highest BCUT2D eigenvalue weighted by Gasteiger charge is 2.17. The maximum absolute atomic E-state index is 11.4. The summed E-state index contributed by atoms with van der Waals surface area (Å²) in [5.41, 5.74) is -0.259. The summed E-state index contributed by atoms with van der Waals surface area (Å²) in [6, 6.07) is -0.651. The number of aromatic amines is 1. The molecule has 0 saturated carbocycles. The molecule has 8 heteroatoms. The van der Waals surface area contributed by atoms with Crippen LogP contribution in [-0.4, -0.2) is 44.7 Å². The van der Waals surface area contributed by atoms with E-state index in [0.29, 0.717) is 17.5 Å². The van der Waals surface area contributed by atoms with Gasteiger partial charge in [0.15, 0.2) is 5.16 Å². The minimum atomic E-state index is -0.917. The molecule has 0 bridgehead atoms. The fourth-order valence-corrected chi connectivity index (χ4v) is 2.34. The largest absolute Gasteiger partial charge is 0.480 e. The molecule has 0 aromatic carbocycles. The number of carboxylic acids is 1. The Morgan fingerprint density at radius 1 is 1.71 bits per heavy atom. The van der Waals surface area contributed by atoms with Crippen molar-refractivity contribution in [3.63, 3.8) is 0 Å². The smallest absolute Gasteiger partial charge is 0.343 e. The van der Waals surface area contributed by atoms with Crippen LogP contribution >= 0.6 is 11.8 Å².